The molecule has 8 heteroatoms. The first kappa shape index (κ1) is 18.7. The van der Waals surface area contributed by atoms with Crippen molar-refractivity contribution in [3.05, 3.63) is 53.6 Å². The Morgan fingerprint density at radius 1 is 1.27 bits per heavy atom. The van der Waals surface area contributed by atoms with E-state index in [1.54, 1.807) is 24.3 Å². The van der Waals surface area contributed by atoms with Gasteiger partial charge < -0.3 is 10.1 Å². The largest absolute Gasteiger partial charge is 0.452 e. The van der Waals surface area contributed by atoms with Crippen LogP contribution in [0.5, 0.6) is 0 Å². The molecule has 3 rings (SSSR count). The van der Waals surface area contributed by atoms with Gasteiger partial charge in [-0.1, -0.05) is 41.6 Å². The van der Waals surface area contributed by atoms with E-state index in [0.717, 1.165) is 14.6 Å². The third kappa shape index (κ3) is 4.97. The van der Waals surface area contributed by atoms with E-state index >= 15 is 0 Å². The number of carbonyl (C=O) groups excluding carboxylic acids is 2. The van der Waals surface area contributed by atoms with Crippen LogP contribution in [0, 0.1) is 0 Å². The molecular weight excluding hydrogens is 392 g/mol. The van der Waals surface area contributed by atoms with Gasteiger partial charge in [0, 0.05) is 10.7 Å². The number of hydrogen-bond donors (Lipinski definition) is 1. The third-order valence-corrected chi connectivity index (χ3v) is 5.75. The van der Waals surface area contributed by atoms with Gasteiger partial charge in [0.1, 0.15) is 0 Å². The number of rotatable bonds is 6. The van der Waals surface area contributed by atoms with Crippen molar-refractivity contribution >= 4 is 62.5 Å². The summed E-state index contributed by atoms with van der Waals surface area (Å²) in [6.45, 7) is 1.53. The minimum atomic E-state index is -0.905. The van der Waals surface area contributed by atoms with Crippen molar-refractivity contribution in [2.75, 3.05) is 11.1 Å². The van der Waals surface area contributed by atoms with Crippen molar-refractivity contribution < 1.29 is 14.3 Å². The summed E-state index contributed by atoms with van der Waals surface area (Å²) in [6.07, 6.45) is -0.905. The fraction of sp³-hybridized carbons (Fsp3) is 0.167. The van der Waals surface area contributed by atoms with Crippen molar-refractivity contribution in [1.82, 2.24) is 4.98 Å². The summed E-state index contributed by atoms with van der Waals surface area (Å²) in [5.41, 5.74) is 1.46. The summed E-state index contributed by atoms with van der Waals surface area (Å²) < 4.78 is 7.04. The molecule has 1 aromatic heterocycles. The van der Waals surface area contributed by atoms with E-state index in [1.165, 1.54) is 30.0 Å². The average Bonchev–Trinajstić information content (AvgIpc) is 3.03. The summed E-state index contributed by atoms with van der Waals surface area (Å²) in [4.78, 5) is 28.5. The van der Waals surface area contributed by atoms with Crippen LogP contribution in [-0.4, -0.2) is 28.7 Å². The van der Waals surface area contributed by atoms with E-state index in [9.17, 15) is 9.59 Å². The number of thioether (sulfide) groups is 1. The minimum Gasteiger partial charge on any atom is -0.452 e. The second kappa shape index (κ2) is 8.53. The number of fused-ring (bicyclic) bond motifs is 1. The second-order valence-corrected chi connectivity index (χ2v) is 8.06. The number of nitrogens with zero attached hydrogens (tertiary/aromatic N) is 1. The highest BCUT2D eigenvalue weighted by molar-refractivity contribution is 8.01. The zero-order valence-corrected chi connectivity index (χ0v) is 16.2. The molecular formula is C18H15ClN2O3S2. The molecule has 0 saturated heterocycles. The fourth-order valence-electron chi connectivity index (χ4n) is 2.13. The highest BCUT2D eigenvalue weighted by Crippen LogP contribution is 2.29. The van der Waals surface area contributed by atoms with E-state index in [0.29, 0.717) is 10.7 Å². The van der Waals surface area contributed by atoms with Gasteiger partial charge in [0.2, 0.25) is 0 Å². The van der Waals surface area contributed by atoms with Gasteiger partial charge in [-0.15, -0.1) is 11.3 Å². The summed E-state index contributed by atoms with van der Waals surface area (Å²) in [5.74, 6) is -0.789. The number of aromatic nitrogens is 1. The number of hydrogen-bond acceptors (Lipinski definition) is 6. The second-order valence-electron chi connectivity index (χ2n) is 5.37. The van der Waals surface area contributed by atoms with E-state index in [1.807, 2.05) is 24.3 Å². The lowest BCUT2D eigenvalue weighted by Crippen LogP contribution is -2.30. The van der Waals surface area contributed by atoms with Crippen LogP contribution in [-0.2, 0) is 14.3 Å². The molecule has 0 radical (unpaired) electrons. The summed E-state index contributed by atoms with van der Waals surface area (Å²) in [5, 5.41) is 3.18. The predicted octanol–water partition coefficient (Wildman–Crippen LogP) is 4.61. The van der Waals surface area contributed by atoms with E-state index < -0.39 is 18.0 Å². The van der Waals surface area contributed by atoms with Crippen LogP contribution in [0.2, 0.25) is 5.02 Å². The smallest absolute Gasteiger partial charge is 0.317 e. The van der Waals surface area contributed by atoms with Gasteiger partial charge in [0.25, 0.3) is 5.91 Å². The van der Waals surface area contributed by atoms with Crippen LogP contribution in [0.15, 0.2) is 52.9 Å². The fourth-order valence-corrected chi connectivity index (χ4v) is 4.17. The number of nitrogens with one attached hydrogen (secondary N) is 1. The summed E-state index contributed by atoms with van der Waals surface area (Å²) in [6, 6.07) is 14.5. The van der Waals surface area contributed by atoms with Crippen molar-refractivity contribution in [2.45, 2.75) is 17.4 Å². The molecule has 1 amide bonds. The molecule has 134 valence electrons. The molecule has 3 aromatic rings. The van der Waals surface area contributed by atoms with Crippen molar-refractivity contribution in [3.8, 4) is 0 Å². The van der Waals surface area contributed by atoms with E-state index in [-0.39, 0.29) is 5.75 Å². The lowest BCUT2D eigenvalue weighted by molar-refractivity contribution is -0.150. The van der Waals surface area contributed by atoms with Gasteiger partial charge in [0.05, 0.1) is 16.0 Å². The molecule has 5 nitrogen and oxygen atoms in total. The number of carbonyl (C=O) groups is 2. The molecule has 0 aliphatic heterocycles. The Labute approximate surface area is 163 Å². The molecule has 1 N–H and O–H groups in total. The quantitative estimate of drug-likeness (QED) is 0.478. The number of benzene rings is 2. The van der Waals surface area contributed by atoms with E-state index in [2.05, 4.69) is 10.3 Å². The average molecular weight is 407 g/mol. The normalized spacial score (nSPS) is 11.9. The van der Waals surface area contributed by atoms with Crippen molar-refractivity contribution in [1.29, 1.82) is 0 Å². The Balaban J connectivity index is 1.49. The first-order valence-corrected chi connectivity index (χ1v) is 9.93. The third-order valence-electron chi connectivity index (χ3n) is 3.36. The van der Waals surface area contributed by atoms with Gasteiger partial charge in [-0.2, -0.15) is 0 Å². The van der Waals surface area contributed by atoms with Crippen molar-refractivity contribution in [3.63, 3.8) is 0 Å². The van der Waals surface area contributed by atoms with Crippen LogP contribution in [0.25, 0.3) is 10.2 Å². The monoisotopic (exact) mass is 406 g/mol. The molecule has 1 atom stereocenters. The SMILES string of the molecule is C[C@@H](OC(=O)CSc1nc2ccccc2s1)C(=O)Nc1cccc(Cl)c1. The molecule has 2 aromatic carbocycles. The summed E-state index contributed by atoms with van der Waals surface area (Å²) in [7, 11) is 0. The number of amides is 1. The minimum absolute atomic E-state index is 0.0919. The standard InChI is InChI=1S/C18H15ClN2O3S2/c1-11(17(23)20-13-6-4-5-12(19)9-13)24-16(22)10-25-18-21-14-7-2-3-8-15(14)26-18/h2-9,11H,10H2,1H3,(H,20,23)/t11-/m1/s1. The van der Waals surface area contributed by atoms with Crippen molar-refractivity contribution in [2.24, 2.45) is 0 Å². The molecule has 1 heterocycles. The molecule has 0 saturated carbocycles. The van der Waals surface area contributed by atoms with Crippen LogP contribution in [0.3, 0.4) is 0 Å². The Morgan fingerprint density at radius 2 is 2.08 bits per heavy atom. The first-order chi connectivity index (χ1) is 12.5. The van der Waals surface area contributed by atoms with Gasteiger partial charge in [0.15, 0.2) is 10.4 Å². The Morgan fingerprint density at radius 3 is 2.85 bits per heavy atom. The van der Waals surface area contributed by atoms with Crippen LogP contribution < -0.4 is 5.32 Å². The maximum atomic E-state index is 12.1. The molecule has 0 fully saturated rings. The predicted molar refractivity (Wildman–Crippen MR) is 106 cm³/mol. The number of halogens is 1. The van der Waals surface area contributed by atoms with Crippen LogP contribution in [0.1, 0.15) is 6.92 Å². The maximum absolute atomic E-state index is 12.1. The van der Waals surface area contributed by atoms with Gasteiger partial charge in [-0.25, -0.2) is 4.98 Å². The first-order valence-electron chi connectivity index (χ1n) is 7.75. The van der Waals surface area contributed by atoms with E-state index in [4.69, 9.17) is 16.3 Å². The lowest BCUT2D eigenvalue weighted by Gasteiger charge is -2.13. The molecule has 0 unspecified atom stereocenters. The van der Waals surface area contributed by atoms with Gasteiger partial charge >= 0.3 is 5.97 Å². The molecule has 0 aliphatic carbocycles. The molecule has 0 spiro atoms. The van der Waals surface area contributed by atoms with Crippen LogP contribution in [0.4, 0.5) is 5.69 Å². The Kier molecular flexibility index (Phi) is 6.13. The Bertz CT molecular complexity index is 912. The maximum Gasteiger partial charge on any atom is 0.317 e. The number of anilines is 1. The zero-order valence-electron chi connectivity index (χ0n) is 13.8. The highest BCUT2D eigenvalue weighted by Gasteiger charge is 2.18. The molecule has 26 heavy (non-hydrogen) atoms. The highest BCUT2D eigenvalue weighted by atomic mass is 35.5. The Hall–Kier alpha value is -2.09. The number of ether oxygens (including phenoxy) is 1. The molecule has 0 aliphatic rings. The summed E-state index contributed by atoms with van der Waals surface area (Å²) >= 11 is 8.69. The number of para-hydroxylation sites is 1. The number of esters is 1. The zero-order chi connectivity index (χ0) is 18.5. The van der Waals surface area contributed by atoms with Gasteiger partial charge in [-0.3, -0.25) is 9.59 Å². The van der Waals surface area contributed by atoms with Gasteiger partial charge in [-0.05, 0) is 37.3 Å². The lowest BCUT2D eigenvalue weighted by atomic mass is 10.3. The topological polar surface area (TPSA) is 68.3 Å². The van der Waals surface area contributed by atoms with Crippen LogP contribution >= 0.6 is 34.7 Å². The number of thiazole rings is 1. The molecule has 0 bridgehead atoms.